The lowest BCUT2D eigenvalue weighted by atomic mass is 9.98. The van der Waals surface area contributed by atoms with Gasteiger partial charge in [-0.15, -0.1) is 0 Å². The SMILES string of the molecule is CN1CCc2c(S(=O)(=O)N(C)C)cc3[nH]c(=O)c(=O)[nH]c3c2C1. The van der Waals surface area contributed by atoms with Gasteiger partial charge in [-0.05, 0) is 30.7 Å². The van der Waals surface area contributed by atoms with Crippen LogP contribution in [0.5, 0.6) is 0 Å². The summed E-state index contributed by atoms with van der Waals surface area (Å²) in [5.74, 6) is 0. The molecule has 0 fully saturated rings. The predicted molar refractivity (Wildman–Crippen MR) is 86.1 cm³/mol. The van der Waals surface area contributed by atoms with Gasteiger partial charge in [-0.3, -0.25) is 9.59 Å². The van der Waals surface area contributed by atoms with Gasteiger partial charge in [0.1, 0.15) is 0 Å². The minimum atomic E-state index is -3.65. The second kappa shape index (κ2) is 5.29. The molecule has 1 aliphatic heterocycles. The van der Waals surface area contributed by atoms with Crippen molar-refractivity contribution in [2.75, 3.05) is 27.7 Å². The van der Waals surface area contributed by atoms with E-state index >= 15 is 0 Å². The number of H-pyrrole nitrogens is 2. The second-order valence-corrected chi connectivity index (χ2v) is 8.06. The maximum absolute atomic E-state index is 12.6. The Hall–Kier alpha value is -1.97. The van der Waals surface area contributed by atoms with Crippen molar-refractivity contribution in [3.8, 4) is 0 Å². The van der Waals surface area contributed by atoms with E-state index in [1.807, 2.05) is 11.9 Å². The van der Waals surface area contributed by atoms with Crippen molar-refractivity contribution >= 4 is 21.1 Å². The van der Waals surface area contributed by atoms with Gasteiger partial charge in [0.05, 0.1) is 15.9 Å². The Kier molecular flexibility index (Phi) is 3.66. The average Bonchev–Trinajstić information content (AvgIpc) is 2.47. The lowest BCUT2D eigenvalue weighted by Gasteiger charge is -2.28. The van der Waals surface area contributed by atoms with Crippen molar-refractivity contribution in [3.63, 3.8) is 0 Å². The molecule has 3 rings (SSSR count). The number of rotatable bonds is 2. The maximum Gasteiger partial charge on any atom is 0.314 e. The molecule has 124 valence electrons. The summed E-state index contributed by atoms with van der Waals surface area (Å²) < 4.78 is 26.4. The number of fused-ring (bicyclic) bond motifs is 3. The number of aromatic nitrogens is 2. The summed E-state index contributed by atoms with van der Waals surface area (Å²) in [4.78, 5) is 30.5. The molecule has 2 heterocycles. The van der Waals surface area contributed by atoms with Crippen LogP contribution in [0.1, 0.15) is 11.1 Å². The lowest BCUT2D eigenvalue weighted by molar-refractivity contribution is 0.312. The zero-order chi connectivity index (χ0) is 16.9. The van der Waals surface area contributed by atoms with Crippen LogP contribution in [-0.2, 0) is 23.0 Å². The number of hydrogen-bond acceptors (Lipinski definition) is 5. The van der Waals surface area contributed by atoms with E-state index in [0.29, 0.717) is 29.6 Å². The van der Waals surface area contributed by atoms with E-state index in [1.165, 1.54) is 20.2 Å². The first-order valence-electron chi connectivity index (χ1n) is 7.14. The minimum Gasteiger partial charge on any atom is -0.316 e. The van der Waals surface area contributed by atoms with Gasteiger partial charge >= 0.3 is 11.1 Å². The van der Waals surface area contributed by atoms with Crippen LogP contribution < -0.4 is 11.1 Å². The van der Waals surface area contributed by atoms with Gasteiger partial charge in [-0.2, -0.15) is 0 Å². The fraction of sp³-hybridized carbons (Fsp3) is 0.429. The summed E-state index contributed by atoms with van der Waals surface area (Å²) in [6.07, 6.45) is 0.561. The summed E-state index contributed by atoms with van der Waals surface area (Å²) in [5.41, 5.74) is 0.723. The molecule has 1 aromatic carbocycles. The van der Waals surface area contributed by atoms with Crippen molar-refractivity contribution in [2.24, 2.45) is 0 Å². The third-order valence-electron chi connectivity index (χ3n) is 4.13. The van der Waals surface area contributed by atoms with Crippen LogP contribution in [0, 0.1) is 0 Å². The lowest BCUT2D eigenvalue weighted by Crippen LogP contribution is -2.33. The Morgan fingerprint density at radius 2 is 1.78 bits per heavy atom. The van der Waals surface area contributed by atoms with Crippen LogP contribution in [0.15, 0.2) is 20.6 Å². The Balaban J connectivity index is 2.46. The fourth-order valence-electron chi connectivity index (χ4n) is 2.87. The molecule has 23 heavy (non-hydrogen) atoms. The number of nitrogens with one attached hydrogen (secondary N) is 2. The van der Waals surface area contributed by atoms with Gasteiger partial charge in [-0.1, -0.05) is 0 Å². The number of sulfonamides is 1. The predicted octanol–water partition coefficient (Wildman–Crippen LogP) is -0.545. The van der Waals surface area contributed by atoms with E-state index in [1.54, 1.807) is 0 Å². The summed E-state index contributed by atoms with van der Waals surface area (Å²) >= 11 is 0. The van der Waals surface area contributed by atoms with Crippen molar-refractivity contribution in [1.82, 2.24) is 19.2 Å². The maximum atomic E-state index is 12.6. The first-order chi connectivity index (χ1) is 10.7. The number of hydrogen-bond donors (Lipinski definition) is 2. The monoisotopic (exact) mass is 338 g/mol. The van der Waals surface area contributed by atoms with E-state index in [-0.39, 0.29) is 4.90 Å². The first kappa shape index (κ1) is 15.9. The fourth-order valence-corrected chi connectivity index (χ4v) is 4.07. The summed E-state index contributed by atoms with van der Waals surface area (Å²) in [6.45, 7) is 1.23. The molecule has 2 aromatic rings. The van der Waals surface area contributed by atoms with Crippen LogP contribution >= 0.6 is 0 Å². The normalized spacial score (nSPS) is 16.0. The first-order valence-corrected chi connectivity index (χ1v) is 8.58. The molecule has 9 heteroatoms. The number of aromatic amines is 2. The van der Waals surface area contributed by atoms with Crippen molar-refractivity contribution in [3.05, 3.63) is 37.9 Å². The molecular weight excluding hydrogens is 320 g/mol. The highest BCUT2D eigenvalue weighted by molar-refractivity contribution is 7.89. The molecule has 0 aliphatic carbocycles. The van der Waals surface area contributed by atoms with Gasteiger partial charge in [-0.25, -0.2) is 12.7 Å². The highest BCUT2D eigenvalue weighted by Gasteiger charge is 2.28. The van der Waals surface area contributed by atoms with E-state index in [2.05, 4.69) is 9.97 Å². The molecule has 0 saturated carbocycles. The second-order valence-electron chi connectivity index (χ2n) is 5.94. The van der Waals surface area contributed by atoms with E-state index in [9.17, 15) is 18.0 Å². The molecule has 1 aromatic heterocycles. The van der Waals surface area contributed by atoms with Gasteiger partial charge in [0.15, 0.2) is 0 Å². The quantitative estimate of drug-likeness (QED) is 0.715. The Morgan fingerprint density at radius 1 is 1.13 bits per heavy atom. The zero-order valence-corrected chi connectivity index (χ0v) is 14.0. The Bertz CT molecular complexity index is 1000. The van der Waals surface area contributed by atoms with Crippen LogP contribution in [0.3, 0.4) is 0 Å². The highest BCUT2D eigenvalue weighted by Crippen LogP contribution is 2.31. The van der Waals surface area contributed by atoms with Gasteiger partial charge in [0.2, 0.25) is 10.0 Å². The van der Waals surface area contributed by atoms with Crippen molar-refractivity contribution < 1.29 is 8.42 Å². The minimum absolute atomic E-state index is 0.181. The summed E-state index contributed by atoms with van der Waals surface area (Å²) in [7, 11) is 1.21. The molecule has 0 amide bonds. The number of benzene rings is 1. The molecule has 0 bridgehead atoms. The number of likely N-dealkylation sites (N-methyl/N-ethyl adjacent to an activating group) is 1. The molecule has 0 spiro atoms. The average molecular weight is 338 g/mol. The van der Waals surface area contributed by atoms with Crippen molar-refractivity contribution in [1.29, 1.82) is 0 Å². The molecule has 0 radical (unpaired) electrons. The molecule has 0 saturated heterocycles. The molecule has 8 nitrogen and oxygen atoms in total. The van der Waals surface area contributed by atoms with Crippen LogP contribution in [0.4, 0.5) is 0 Å². The van der Waals surface area contributed by atoms with Gasteiger partial charge < -0.3 is 14.9 Å². The smallest absolute Gasteiger partial charge is 0.314 e. The van der Waals surface area contributed by atoms with E-state index in [4.69, 9.17) is 0 Å². The number of nitrogens with zero attached hydrogens (tertiary/aromatic N) is 2. The molecular formula is C14H18N4O4S. The molecule has 0 atom stereocenters. The topological polar surface area (TPSA) is 106 Å². The van der Waals surface area contributed by atoms with E-state index < -0.39 is 21.1 Å². The van der Waals surface area contributed by atoms with Crippen LogP contribution in [0.2, 0.25) is 0 Å². The third kappa shape index (κ3) is 2.50. The molecule has 1 aliphatic rings. The van der Waals surface area contributed by atoms with Gasteiger partial charge in [0.25, 0.3) is 0 Å². The van der Waals surface area contributed by atoms with Crippen molar-refractivity contribution in [2.45, 2.75) is 17.9 Å². The van der Waals surface area contributed by atoms with Gasteiger partial charge in [0, 0.05) is 27.2 Å². The van der Waals surface area contributed by atoms with Crippen LogP contribution in [0.25, 0.3) is 11.0 Å². The summed E-state index contributed by atoms with van der Waals surface area (Å²) in [5, 5.41) is 0. The highest BCUT2D eigenvalue weighted by atomic mass is 32.2. The standard InChI is InChI=1S/C14H18N4O4S/c1-17(2)23(21,22)11-6-10-12(16-14(20)13(19)15-10)9-7-18(3)5-4-8(9)11/h6H,4-5,7H2,1-3H3,(H,15,19)(H,16,20). The molecule has 0 unspecified atom stereocenters. The Morgan fingerprint density at radius 3 is 2.43 bits per heavy atom. The third-order valence-corrected chi connectivity index (χ3v) is 6.01. The summed E-state index contributed by atoms with van der Waals surface area (Å²) in [6, 6.07) is 1.44. The Labute approximate surface area is 132 Å². The van der Waals surface area contributed by atoms with E-state index in [0.717, 1.165) is 16.4 Å². The zero-order valence-electron chi connectivity index (χ0n) is 13.1. The largest absolute Gasteiger partial charge is 0.316 e. The van der Waals surface area contributed by atoms with Crippen LogP contribution in [-0.4, -0.2) is 55.3 Å². The molecule has 2 N–H and O–H groups in total.